The molecule has 0 saturated carbocycles. The van der Waals surface area contributed by atoms with Gasteiger partial charge in [-0.25, -0.2) is 9.48 Å². The minimum atomic E-state index is -1.18. The third kappa shape index (κ3) is 3.97. The Labute approximate surface area is 195 Å². The Kier molecular flexibility index (Phi) is 6.18. The van der Waals surface area contributed by atoms with Gasteiger partial charge in [-0.1, -0.05) is 23.4 Å². The monoisotopic (exact) mass is 498 g/mol. The van der Waals surface area contributed by atoms with E-state index in [0.29, 0.717) is 38.6 Å². The number of nitrogens with zero attached hydrogens (tertiary/aromatic N) is 7. The lowest BCUT2D eigenvalue weighted by atomic mass is 10.0. The first kappa shape index (κ1) is 22.6. The summed E-state index contributed by atoms with van der Waals surface area (Å²) in [6.45, 7) is 3.41. The SMILES string of the molecule is Cc1nn(CC(=O)N[C@@H]2C(=O)N3C(C(=O)O)=C(CSc4nnnn4C)CS[C@@H]23)c(C)c1Cl. The smallest absolute Gasteiger partial charge is 0.352 e. The van der Waals surface area contributed by atoms with Crippen molar-refractivity contribution in [1.82, 2.24) is 40.2 Å². The Morgan fingerprint density at radius 2 is 2.12 bits per heavy atom. The summed E-state index contributed by atoms with van der Waals surface area (Å²) in [4.78, 5) is 38.5. The maximum atomic E-state index is 12.8. The van der Waals surface area contributed by atoms with Crippen LogP contribution in [0.25, 0.3) is 0 Å². The zero-order chi connectivity index (χ0) is 23.2. The molecule has 0 spiro atoms. The molecule has 12 nitrogen and oxygen atoms in total. The number of β-lactam (4-membered cyclic amide) rings is 1. The highest BCUT2D eigenvalue weighted by atomic mass is 35.5. The van der Waals surface area contributed by atoms with Crippen molar-refractivity contribution in [3.05, 3.63) is 27.7 Å². The summed E-state index contributed by atoms with van der Waals surface area (Å²) in [5, 5.41) is 28.4. The molecule has 2 aromatic rings. The summed E-state index contributed by atoms with van der Waals surface area (Å²) in [7, 11) is 1.69. The Morgan fingerprint density at radius 1 is 1.38 bits per heavy atom. The number of carboxylic acids is 1. The largest absolute Gasteiger partial charge is 0.477 e. The van der Waals surface area contributed by atoms with Crippen molar-refractivity contribution in [3.8, 4) is 0 Å². The standard InChI is InChI=1S/C17H19ClN8O4S2/c1-7-11(18)8(2)25(21-7)4-10(27)19-12-14(28)26-13(16(29)30)9(5-31-15(12)26)6-32-17-20-22-23-24(17)3/h12,15H,4-6H2,1-3H3,(H,19,27)(H,29,30)/t12-,15+/m1/s1. The zero-order valence-corrected chi connectivity index (χ0v) is 19.7. The number of aryl methyl sites for hydroxylation is 2. The van der Waals surface area contributed by atoms with E-state index in [9.17, 15) is 19.5 Å². The van der Waals surface area contributed by atoms with Crippen LogP contribution in [0, 0.1) is 13.8 Å². The number of tetrazole rings is 1. The summed E-state index contributed by atoms with van der Waals surface area (Å²) < 4.78 is 2.96. The molecule has 0 bridgehead atoms. The van der Waals surface area contributed by atoms with Gasteiger partial charge < -0.3 is 10.4 Å². The van der Waals surface area contributed by atoms with Crippen LogP contribution >= 0.6 is 35.1 Å². The Hall–Kier alpha value is -2.58. The van der Waals surface area contributed by atoms with Gasteiger partial charge in [-0.05, 0) is 29.8 Å². The summed E-state index contributed by atoms with van der Waals surface area (Å²) in [5.74, 6) is -1.30. The van der Waals surface area contributed by atoms with Gasteiger partial charge in [-0.3, -0.25) is 19.2 Å². The third-order valence-corrected chi connectivity index (χ3v) is 8.09. The molecule has 2 atom stereocenters. The van der Waals surface area contributed by atoms with E-state index in [-0.39, 0.29) is 12.2 Å². The Morgan fingerprint density at radius 3 is 2.72 bits per heavy atom. The van der Waals surface area contributed by atoms with Crippen LogP contribution in [0.15, 0.2) is 16.4 Å². The second-order valence-corrected chi connectivity index (χ2v) is 9.65. The molecule has 1 fully saturated rings. The van der Waals surface area contributed by atoms with Gasteiger partial charge in [0.1, 0.15) is 23.7 Å². The normalized spacial score (nSPS) is 20.2. The molecular weight excluding hydrogens is 480 g/mol. The molecule has 4 heterocycles. The van der Waals surface area contributed by atoms with Crippen LogP contribution in [-0.2, 0) is 28.0 Å². The van der Waals surface area contributed by atoms with Gasteiger partial charge in [0, 0.05) is 18.6 Å². The van der Waals surface area contributed by atoms with Crippen molar-refractivity contribution in [2.45, 2.75) is 37.0 Å². The zero-order valence-electron chi connectivity index (χ0n) is 17.3. The van der Waals surface area contributed by atoms with E-state index in [2.05, 4.69) is 25.9 Å². The molecule has 15 heteroatoms. The summed E-state index contributed by atoms with van der Waals surface area (Å²) in [6, 6.07) is -0.800. The van der Waals surface area contributed by atoms with E-state index in [1.807, 2.05) is 0 Å². The molecule has 0 unspecified atom stereocenters. The Balaban J connectivity index is 1.44. The quantitative estimate of drug-likeness (QED) is 0.400. The lowest BCUT2D eigenvalue weighted by molar-refractivity contribution is -0.150. The van der Waals surface area contributed by atoms with E-state index >= 15 is 0 Å². The van der Waals surface area contributed by atoms with E-state index in [1.54, 1.807) is 20.9 Å². The van der Waals surface area contributed by atoms with Crippen LogP contribution < -0.4 is 5.32 Å². The van der Waals surface area contributed by atoms with Gasteiger partial charge in [0.25, 0.3) is 5.91 Å². The van der Waals surface area contributed by atoms with E-state index in [0.717, 1.165) is 0 Å². The highest BCUT2D eigenvalue weighted by Gasteiger charge is 2.54. The number of thioether (sulfide) groups is 2. The minimum Gasteiger partial charge on any atom is -0.477 e. The predicted molar refractivity (Wildman–Crippen MR) is 116 cm³/mol. The van der Waals surface area contributed by atoms with Crippen molar-refractivity contribution < 1.29 is 19.5 Å². The second-order valence-electron chi connectivity index (χ2n) is 7.23. The first-order chi connectivity index (χ1) is 15.2. The van der Waals surface area contributed by atoms with Gasteiger partial charge in [-0.2, -0.15) is 5.10 Å². The predicted octanol–water partition coefficient (Wildman–Crippen LogP) is 0.208. The third-order valence-electron chi connectivity index (χ3n) is 5.11. The molecule has 2 aromatic heterocycles. The van der Waals surface area contributed by atoms with Gasteiger partial charge in [0.05, 0.1) is 16.4 Å². The first-order valence-electron chi connectivity index (χ1n) is 9.43. The molecule has 0 aromatic carbocycles. The van der Waals surface area contributed by atoms with Gasteiger partial charge in [0.2, 0.25) is 11.1 Å². The number of hydrogen-bond donors (Lipinski definition) is 2. The molecular formula is C17H19ClN8O4S2. The van der Waals surface area contributed by atoms with Crippen molar-refractivity contribution in [2.75, 3.05) is 11.5 Å². The lowest BCUT2D eigenvalue weighted by Crippen LogP contribution is -2.70. The maximum Gasteiger partial charge on any atom is 0.352 e. The highest BCUT2D eigenvalue weighted by molar-refractivity contribution is 8.01. The minimum absolute atomic E-state index is 0.0443. The van der Waals surface area contributed by atoms with Gasteiger partial charge >= 0.3 is 5.97 Å². The number of carbonyl (C=O) groups excluding carboxylic acids is 2. The number of nitrogens with one attached hydrogen (secondary N) is 1. The number of fused-ring (bicyclic) bond motifs is 1. The average molecular weight is 499 g/mol. The molecule has 0 aliphatic carbocycles. The molecule has 2 aliphatic rings. The van der Waals surface area contributed by atoms with Crippen LogP contribution in [0.2, 0.25) is 5.02 Å². The number of hydrogen-bond acceptors (Lipinski definition) is 9. The molecule has 4 rings (SSSR count). The van der Waals surface area contributed by atoms with Gasteiger partial charge in [0.15, 0.2) is 0 Å². The number of aliphatic carboxylic acids is 1. The highest BCUT2D eigenvalue weighted by Crippen LogP contribution is 2.41. The van der Waals surface area contributed by atoms with Gasteiger partial charge in [-0.15, -0.1) is 16.9 Å². The first-order valence-corrected chi connectivity index (χ1v) is 11.8. The second kappa shape index (κ2) is 8.75. The van der Waals surface area contributed by atoms with Crippen LogP contribution in [-0.4, -0.2) is 80.7 Å². The topological polar surface area (TPSA) is 148 Å². The van der Waals surface area contributed by atoms with Crippen LogP contribution in [0.4, 0.5) is 0 Å². The summed E-state index contributed by atoms with van der Waals surface area (Å²) in [5.41, 5.74) is 1.83. The van der Waals surface area contributed by atoms with Crippen molar-refractivity contribution in [2.24, 2.45) is 7.05 Å². The van der Waals surface area contributed by atoms with E-state index in [4.69, 9.17) is 11.6 Å². The summed E-state index contributed by atoms with van der Waals surface area (Å²) in [6.07, 6.45) is 0. The molecule has 2 amide bonds. The van der Waals surface area contributed by atoms with Crippen LogP contribution in [0.1, 0.15) is 11.4 Å². The Bertz CT molecular complexity index is 1150. The van der Waals surface area contributed by atoms with E-state index < -0.39 is 29.2 Å². The molecule has 2 aliphatic heterocycles. The number of carboxylic acid groups (broad SMARTS) is 1. The fourth-order valence-corrected chi connectivity index (χ4v) is 5.94. The number of amides is 2. The molecule has 1 saturated heterocycles. The fourth-order valence-electron chi connectivity index (χ4n) is 3.47. The number of halogens is 1. The van der Waals surface area contributed by atoms with Crippen molar-refractivity contribution >= 4 is 52.9 Å². The van der Waals surface area contributed by atoms with Crippen LogP contribution in [0.3, 0.4) is 0 Å². The average Bonchev–Trinajstić information content (AvgIpc) is 3.27. The van der Waals surface area contributed by atoms with Crippen molar-refractivity contribution in [3.63, 3.8) is 0 Å². The molecule has 2 N–H and O–H groups in total. The lowest BCUT2D eigenvalue weighted by Gasteiger charge is -2.49. The number of carbonyl (C=O) groups is 3. The maximum absolute atomic E-state index is 12.8. The summed E-state index contributed by atoms with van der Waals surface area (Å²) >= 11 is 8.81. The van der Waals surface area contributed by atoms with Crippen LogP contribution in [0.5, 0.6) is 0 Å². The molecule has 0 radical (unpaired) electrons. The molecule has 32 heavy (non-hydrogen) atoms. The number of aromatic nitrogens is 6. The fraction of sp³-hybridized carbons (Fsp3) is 0.471. The van der Waals surface area contributed by atoms with E-state index in [1.165, 1.54) is 37.8 Å². The van der Waals surface area contributed by atoms with Crippen molar-refractivity contribution in [1.29, 1.82) is 0 Å². The number of rotatable bonds is 7. The molecule has 170 valence electrons.